The molecular weight excluding hydrogens is 571 g/mol. The van der Waals surface area contributed by atoms with E-state index < -0.39 is 12.0 Å². The first kappa shape index (κ1) is 28.0. The number of fused-ring (bicyclic) bond motifs is 1. The zero-order valence-electron chi connectivity index (χ0n) is 22.1. The summed E-state index contributed by atoms with van der Waals surface area (Å²) in [6.07, 6.45) is 2.95. The standard InChI is InChI=1S/C30H26Cl2N2O5S/c1-4-7-22-26(29(36)38-5-2)27(21-15-19(32)10-12-24(21)37-3)34-28(35)25(40-30(34)33-22)16-20-11-13-23(39-20)17-8-6-9-18(31)14-17/h6,8-16,27H,4-5,7H2,1-3H3/b25-16+/t27-/m0/s1. The molecular formula is C30H26Cl2N2O5S. The molecule has 1 aliphatic heterocycles. The summed E-state index contributed by atoms with van der Waals surface area (Å²) in [6.45, 7) is 3.92. The third kappa shape index (κ3) is 5.39. The lowest BCUT2D eigenvalue weighted by molar-refractivity contribution is -0.139. The van der Waals surface area contributed by atoms with Crippen LogP contribution in [0.5, 0.6) is 5.75 Å². The van der Waals surface area contributed by atoms with Gasteiger partial charge in [-0.3, -0.25) is 9.36 Å². The summed E-state index contributed by atoms with van der Waals surface area (Å²) < 4.78 is 19.0. The molecule has 0 fully saturated rings. The molecule has 2 aromatic carbocycles. The first-order valence-corrected chi connectivity index (χ1v) is 14.3. The number of rotatable bonds is 8. The van der Waals surface area contributed by atoms with Crippen LogP contribution in [0.25, 0.3) is 17.4 Å². The fourth-order valence-electron chi connectivity index (χ4n) is 4.69. The van der Waals surface area contributed by atoms with Gasteiger partial charge in [0.15, 0.2) is 4.80 Å². The Morgan fingerprint density at radius 2 is 1.93 bits per heavy atom. The number of ether oxygens (including phenoxy) is 2. The second kappa shape index (κ2) is 11.9. The molecule has 2 aromatic heterocycles. The molecule has 0 spiro atoms. The Morgan fingerprint density at radius 1 is 1.12 bits per heavy atom. The lowest BCUT2D eigenvalue weighted by Crippen LogP contribution is -2.40. The van der Waals surface area contributed by atoms with Crippen molar-refractivity contribution < 1.29 is 18.7 Å². The molecule has 0 radical (unpaired) electrons. The lowest BCUT2D eigenvalue weighted by Gasteiger charge is -2.27. The van der Waals surface area contributed by atoms with Crippen molar-refractivity contribution in [2.45, 2.75) is 32.7 Å². The number of hydrogen-bond donors (Lipinski definition) is 0. The summed E-state index contributed by atoms with van der Waals surface area (Å²) in [5.41, 5.74) is 1.93. The molecule has 206 valence electrons. The molecule has 4 aromatic rings. The summed E-state index contributed by atoms with van der Waals surface area (Å²) in [5.74, 6) is 1.07. The third-order valence-corrected chi connectivity index (χ3v) is 7.84. The SMILES string of the molecule is CCCC1=C(C(=O)OCC)[C@H](c2cc(Cl)ccc2OC)n2c(s/c(=C/c3ccc(-c4cccc(Cl)c4)o3)c2=O)=N1. The maximum absolute atomic E-state index is 14.0. The van der Waals surface area contributed by atoms with Gasteiger partial charge in [-0.15, -0.1) is 0 Å². The molecule has 0 aliphatic carbocycles. The predicted molar refractivity (Wildman–Crippen MR) is 157 cm³/mol. The summed E-state index contributed by atoms with van der Waals surface area (Å²) in [4.78, 5) is 32.6. The minimum Gasteiger partial charge on any atom is -0.496 e. The van der Waals surface area contributed by atoms with Crippen LogP contribution in [0.1, 0.15) is 44.1 Å². The van der Waals surface area contributed by atoms with Gasteiger partial charge in [0.25, 0.3) is 5.56 Å². The second-order valence-electron chi connectivity index (χ2n) is 9.01. The van der Waals surface area contributed by atoms with Gasteiger partial charge in [-0.1, -0.05) is 60.0 Å². The van der Waals surface area contributed by atoms with Gasteiger partial charge in [-0.25, -0.2) is 9.79 Å². The van der Waals surface area contributed by atoms with Crippen LogP contribution >= 0.6 is 34.5 Å². The van der Waals surface area contributed by atoms with Crippen LogP contribution in [0.4, 0.5) is 0 Å². The number of methoxy groups -OCH3 is 1. The quantitative estimate of drug-likeness (QED) is 0.228. The molecule has 0 unspecified atom stereocenters. The summed E-state index contributed by atoms with van der Waals surface area (Å²) >= 11 is 13.8. The average Bonchev–Trinajstić information content (AvgIpc) is 3.52. The van der Waals surface area contributed by atoms with Gasteiger partial charge in [0.2, 0.25) is 0 Å². The van der Waals surface area contributed by atoms with E-state index in [1.54, 1.807) is 43.3 Å². The highest BCUT2D eigenvalue weighted by Gasteiger charge is 2.36. The minimum atomic E-state index is -0.841. The van der Waals surface area contributed by atoms with E-state index in [2.05, 4.69) is 0 Å². The first-order chi connectivity index (χ1) is 19.3. The molecule has 0 saturated heterocycles. The highest BCUT2D eigenvalue weighted by atomic mass is 35.5. The van der Waals surface area contributed by atoms with Crippen molar-refractivity contribution in [3.8, 4) is 17.1 Å². The number of esters is 1. The number of allylic oxidation sites excluding steroid dienone is 1. The zero-order valence-corrected chi connectivity index (χ0v) is 24.4. The normalized spacial score (nSPS) is 15.1. The van der Waals surface area contributed by atoms with E-state index in [1.165, 1.54) is 23.0 Å². The van der Waals surface area contributed by atoms with E-state index >= 15 is 0 Å². The van der Waals surface area contributed by atoms with E-state index in [4.69, 9.17) is 42.1 Å². The molecule has 0 amide bonds. The van der Waals surface area contributed by atoms with Crippen LogP contribution in [0.3, 0.4) is 0 Å². The highest BCUT2D eigenvalue weighted by molar-refractivity contribution is 7.07. The molecule has 0 N–H and O–H groups in total. The minimum absolute atomic E-state index is 0.180. The fraction of sp³-hybridized carbons (Fsp3) is 0.233. The molecule has 5 rings (SSSR count). The lowest BCUT2D eigenvalue weighted by atomic mass is 9.93. The number of carbonyl (C=O) groups excluding carboxylic acids is 1. The van der Waals surface area contributed by atoms with Gasteiger partial charge in [0.1, 0.15) is 23.3 Å². The Balaban J connectivity index is 1.72. The van der Waals surface area contributed by atoms with Gasteiger partial charge >= 0.3 is 5.97 Å². The van der Waals surface area contributed by atoms with E-state index in [9.17, 15) is 9.59 Å². The van der Waals surface area contributed by atoms with Crippen molar-refractivity contribution in [2.24, 2.45) is 4.99 Å². The van der Waals surface area contributed by atoms with Crippen LogP contribution in [0, 0.1) is 0 Å². The summed E-state index contributed by atoms with van der Waals surface area (Å²) in [6, 6.07) is 15.2. The number of thiazole rings is 1. The second-order valence-corrected chi connectivity index (χ2v) is 10.9. The fourth-order valence-corrected chi connectivity index (χ4v) is 6.06. The molecule has 1 atom stereocenters. The molecule has 1 aliphatic rings. The van der Waals surface area contributed by atoms with Gasteiger partial charge in [-0.2, -0.15) is 0 Å². The van der Waals surface area contributed by atoms with Crippen LogP contribution in [-0.2, 0) is 9.53 Å². The predicted octanol–water partition coefficient (Wildman–Crippen LogP) is 6.15. The van der Waals surface area contributed by atoms with Crippen LogP contribution in [0.2, 0.25) is 10.0 Å². The van der Waals surface area contributed by atoms with Crippen LogP contribution in [0.15, 0.2) is 80.1 Å². The maximum Gasteiger partial charge on any atom is 0.338 e. The number of aromatic nitrogens is 1. The van der Waals surface area contributed by atoms with Crippen molar-refractivity contribution in [1.29, 1.82) is 0 Å². The van der Waals surface area contributed by atoms with E-state index in [0.29, 0.717) is 59.9 Å². The Hall–Kier alpha value is -3.59. The smallest absolute Gasteiger partial charge is 0.338 e. The summed E-state index contributed by atoms with van der Waals surface area (Å²) in [7, 11) is 1.53. The number of hydrogen-bond acceptors (Lipinski definition) is 7. The van der Waals surface area contributed by atoms with E-state index in [1.807, 2.05) is 31.2 Å². The van der Waals surface area contributed by atoms with Gasteiger partial charge in [0, 0.05) is 27.2 Å². The Bertz CT molecular complexity index is 1800. The Morgan fingerprint density at radius 3 is 2.65 bits per heavy atom. The maximum atomic E-state index is 14.0. The first-order valence-electron chi connectivity index (χ1n) is 12.8. The molecule has 7 nitrogen and oxygen atoms in total. The average molecular weight is 598 g/mol. The van der Waals surface area contributed by atoms with Crippen molar-refractivity contribution in [3.63, 3.8) is 0 Å². The highest BCUT2D eigenvalue weighted by Crippen LogP contribution is 2.38. The molecule has 0 bridgehead atoms. The van der Waals surface area contributed by atoms with E-state index in [-0.39, 0.29) is 12.2 Å². The molecule has 0 saturated carbocycles. The number of benzene rings is 2. The van der Waals surface area contributed by atoms with Gasteiger partial charge < -0.3 is 13.9 Å². The molecule has 10 heteroatoms. The molecule has 40 heavy (non-hydrogen) atoms. The Kier molecular flexibility index (Phi) is 8.30. The topological polar surface area (TPSA) is 83.0 Å². The zero-order chi connectivity index (χ0) is 28.4. The molecule has 3 heterocycles. The van der Waals surface area contributed by atoms with Gasteiger partial charge in [0.05, 0.1) is 29.5 Å². The van der Waals surface area contributed by atoms with Crippen LogP contribution < -0.4 is 19.6 Å². The van der Waals surface area contributed by atoms with Crippen molar-refractivity contribution in [1.82, 2.24) is 4.57 Å². The number of halogens is 2. The van der Waals surface area contributed by atoms with Crippen molar-refractivity contribution >= 4 is 46.6 Å². The van der Waals surface area contributed by atoms with E-state index in [0.717, 1.165) is 12.0 Å². The third-order valence-electron chi connectivity index (χ3n) is 6.39. The monoisotopic (exact) mass is 596 g/mol. The van der Waals surface area contributed by atoms with Crippen molar-refractivity contribution in [3.05, 3.63) is 107 Å². The largest absolute Gasteiger partial charge is 0.496 e. The number of carbonyl (C=O) groups is 1. The van der Waals surface area contributed by atoms with Crippen LogP contribution in [-0.4, -0.2) is 24.3 Å². The summed E-state index contributed by atoms with van der Waals surface area (Å²) in [5, 5.41) is 1.04. The number of nitrogens with zero attached hydrogens (tertiary/aromatic N) is 2. The van der Waals surface area contributed by atoms with Crippen molar-refractivity contribution in [2.75, 3.05) is 13.7 Å². The Labute approximate surface area is 244 Å². The number of furan rings is 1. The van der Waals surface area contributed by atoms with Gasteiger partial charge in [-0.05, 0) is 55.8 Å².